The number of ether oxygens (including phenoxy) is 1. The number of piperazine rings is 1. The minimum atomic E-state index is 0.616. The molecule has 1 aliphatic heterocycles. The van der Waals surface area contributed by atoms with E-state index in [1.807, 2.05) is 13.1 Å². The summed E-state index contributed by atoms with van der Waals surface area (Å²) >= 11 is 0. The van der Waals surface area contributed by atoms with Gasteiger partial charge >= 0.3 is 0 Å². The fourth-order valence-electron chi connectivity index (χ4n) is 2.96. The molecule has 1 saturated heterocycles. The van der Waals surface area contributed by atoms with Crippen LogP contribution in [0, 0.1) is 0 Å². The minimum absolute atomic E-state index is 0.616. The molecule has 2 unspecified atom stereocenters. The van der Waals surface area contributed by atoms with Crippen molar-refractivity contribution in [2.75, 3.05) is 40.3 Å². The van der Waals surface area contributed by atoms with Crippen molar-refractivity contribution in [3.8, 4) is 5.75 Å². The van der Waals surface area contributed by atoms with Crippen molar-refractivity contribution in [3.63, 3.8) is 0 Å². The Morgan fingerprint density at radius 2 is 1.86 bits per heavy atom. The van der Waals surface area contributed by atoms with Crippen LogP contribution in [0.3, 0.4) is 0 Å². The number of hydrogen-bond acceptors (Lipinski definition) is 4. The first-order valence-electron chi connectivity index (χ1n) is 7.91. The Labute approximate surface area is 129 Å². The molecule has 4 heteroatoms. The number of nitrogens with zero attached hydrogens (tertiary/aromatic N) is 2. The van der Waals surface area contributed by atoms with Gasteiger partial charge in [-0.05, 0) is 34.0 Å². The number of benzene rings is 1. The van der Waals surface area contributed by atoms with Gasteiger partial charge in [0.05, 0.1) is 0 Å². The maximum Gasteiger partial charge on any atom is 0.123 e. The summed E-state index contributed by atoms with van der Waals surface area (Å²) in [5, 5.41) is 3.18. The molecule has 0 spiro atoms. The first-order chi connectivity index (χ1) is 10.1. The Morgan fingerprint density at radius 3 is 2.52 bits per heavy atom. The monoisotopic (exact) mass is 291 g/mol. The summed E-state index contributed by atoms with van der Waals surface area (Å²) in [5.41, 5.74) is 1.22. The molecule has 2 rings (SSSR count). The highest BCUT2D eigenvalue weighted by atomic mass is 16.5. The van der Waals surface area contributed by atoms with Crippen LogP contribution in [0.25, 0.3) is 0 Å². The van der Waals surface area contributed by atoms with E-state index in [-0.39, 0.29) is 0 Å². The standard InChI is InChI=1S/C17H29N3O/c1-14-12-20(13-15(2)19(14)4)9-10-21-17-8-6-5-7-16(17)11-18-3/h5-8,14-15,18H,9-13H2,1-4H3. The number of rotatable bonds is 6. The first kappa shape index (κ1) is 16.3. The van der Waals surface area contributed by atoms with Crippen LogP contribution < -0.4 is 10.1 Å². The molecule has 0 radical (unpaired) electrons. The van der Waals surface area contributed by atoms with Crippen LogP contribution in [-0.4, -0.2) is 62.2 Å². The molecule has 4 nitrogen and oxygen atoms in total. The molecular formula is C17H29N3O. The second-order valence-corrected chi connectivity index (χ2v) is 6.11. The summed E-state index contributed by atoms with van der Waals surface area (Å²) in [6.07, 6.45) is 0. The summed E-state index contributed by atoms with van der Waals surface area (Å²) in [5.74, 6) is 1.00. The summed E-state index contributed by atoms with van der Waals surface area (Å²) < 4.78 is 5.99. The Morgan fingerprint density at radius 1 is 1.19 bits per heavy atom. The highest BCUT2D eigenvalue weighted by molar-refractivity contribution is 5.33. The van der Waals surface area contributed by atoms with Gasteiger partial charge in [0, 0.05) is 43.8 Å². The van der Waals surface area contributed by atoms with Crippen molar-refractivity contribution < 1.29 is 4.74 Å². The highest BCUT2D eigenvalue weighted by Gasteiger charge is 2.25. The van der Waals surface area contributed by atoms with Crippen LogP contribution in [0.2, 0.25) is 0 Å². The van der Waals surface area contributed by atoms with Gasteiger partial charge in [-0.25, -0.2) is 0 Å². The van der Waals surface area contributed by atoms with E-state index in [1.54, 1.807) is 0 Å². The van der Waals surface area contributed by atoms with E-state index in [0.717, 1.165) is 38.5 Å². The molecule has 0 aromatic heterocycles. The van der Waals surface area contributed by atoms with Gasteiger partial charge in [-0.1, -0.05) is 18.2 Å². The van der Waals surface area contributed by atoms with E-state index in [4.69, 9.17) is 4.74 Å². The van der Waals surface area contributed by atoms with E-state index in [0.29, 0.717) is 12.1 Å². The Bertz CT molecular complexity index is 426. The molecule has 1 heterocycles. The normalized spacial score (nSPS) is 24.2. The smallest absolute Gasteiger partial charge is 0.123 e. The van der Waals surface area contributed by atoms with Gasteiger partial charge in [0.15, 0.2) is 0 Å². The minimum Gasteiger partial charge on any atom is -0.492 e. The van der Waals surface area contributed by atoms with Gasteiger partial charge in [0.1, 0.15) is 12.4 Å². The van der Waals surface area contributed by atoms with Crippen LogP contribution in [0.15, 0.2) is 24.3 Å². The van der Waals surface area contributed by atoms with Gasteiger partial charge in [0.2, 0.25) is 0 Å². The first-order valence-corrected chi connectivity index (χ1v) is 7.91. The highest BCUT2D eigenvalue weighted by Crippen LogP contribution is 2.18. The predicted molar refractivity (Wildman–Crippen MR) is 87.8 cm³/mol. The van der Waals surface area contributed by atoms with Crippen molar-refractivity contribution in [3.05, 3.63) is 29.8 Å². The molecule has 1 N–H and O–H groups in total. The number of likely N-dealkylation sites (N-methyl/N-ethyl adjacent to an activating group) is 1. The topological polar surface area (TPSA) is 27.7 Å². The Hall–Kier alpha value is -1.10. The zero-order chi connectivity index (χ0) is 15.2. The maximum absolute atomic E-state index is 5.99. The lowest BCUT2D eigenvalue weighted by Crippen LogP contribution is -2.55. The second kappa shape index (κ2) is 7.78. The van der Waals surface area contributed by atoms with Crippen LogP contribution >= 0.6 is 0 Å². The van der Waals surface area contributed by atoms with Crippen LogP contribution in [0.5, 0.6) is 5.75 Å². The fourth-order valence-corrected chi connectivity index (χ4v) is 2.96. The third-order valence-electron chi connectivity index (χ3n) is 4.44. The number of hydrogen-bond donors (Lipinski definition) is 1. The SMILES string of the molecule is CNCc1ccccc1OCCN1CC(C)N(C)C(C)C1. The molecule has 118 valence electrons. The van der Waals surface area contributed by atoms with Crippen molar-refractivity contribution in [1.29, 1.82) is 0 Å². The Kier molecular flexibility index (Phi) is 6.03. The largest absolute Gasteiger partial charge is 0.492 e. The van der Waals surface area contributed by atoms with Crippen LogP contribution in [0.4, 0.5) is 0 Å². The molecule has 1 aromatic rings. The summed E-state index contributed by atoms with van der Waals surface area (Å²) in [6, 6.07) is 9.50. The lowest BCUT2D eigenvalue weighted by Gasteiger charge is -2.42. The fraction of sp³-hybridized carbons (Fsp3) is 0.647. The molecule has 1 fully saturated rings. The molecule has 1 aromatic carbocycles. The van der Waals surface area contributed by atoms with Crippen LogP contribution in [-0.2, 0) is 6.54 Å². The van der Waals surface area contributed by atoms with Gasteiger partial charge in [0.25, 0.3) is 0 Å². The lowest BCUT2D eigenvalue weighted by molar-refractivity contribution is 0.0521. The van der Waals surface area contributed by atoms with Crippen LogP contribution in [0.1, 0.15) is 19.4 Å². The van der Waals surface area contributed by atoms with Crippen molar-refractivity contribution >= 4 is 0 Å². The van der Waals surface area contributed by atoms with Gasteiger partial charge in [-0.15, -0.1) is 0 Å². The molecular weight excluding hydrogens is 262 g/mol. The summed E-state index contributed by atoms with van der Waals surface area (Å²) in [4.78, 5) is 4.97. The van der Waals surface area contributed by atoms with Crippen molar-refractivity contribution in [1.82, 2.24) is 15.1 Å². The van der Waals surface area contributed by atoms with Crippen molar-refractivity contribution in [2.45, 2.75) is 32.5 Å². The quantitative estimate of drug-likeness (QED) is 0.865. The van der Waals surface area contributed by atoms with E-state index >= 15 is 0 Å². The Balaban J connectivity index is 1.82. The van der Waals surface area contributed by atoms with Gasteiger partial charge in [-0.2, -0.15) is 0 Å². The van der Waals surface area contributed by atoms with Crippen molar-refractivity contribution in [2.24, 2.45) is 0 Å². The van der Waals surface area contributed by atoms with E-state index < -0.39 is 0 Å². The third kappa shape index (κ3) is 4.43. The molecule has 2 atom stereocenters. The molecule has 21 heavy (non-hydrogen) atoms. The lowest BCUT2D eigenvalue weighted by atomic mass is 10.1. The molecule has 1 aliphatic rings. The van der Waals surface area contributed by atoms with E-state index in [9.17, 15) is 0 Å². The summed E-state index contributed by atoms with van der Waals surface area (Å²) in [6.45, 7) is 9.45. The molecule has 0 amide bonds. The zero-order valence-electron chi connectivity index (χ0n) is 13.8. The molecule has 0 saturated carbocycles. The summed E-state index contributed by atoms with van der Waals surface area (Å²) in [7, 11) is 4.18. The van der Waals surface area contributed by atoms with E-state index in [1.165, 1.54) is 5.56 Å². The average Bonchev–Trinajstić information content (AvgIpc) is 2.47. The number of para-hydroxylation sites is 1. The van der Waals surface area contributed by atoms with Gasteiger partial charge < -0.3 is 10.1 Å². The van der Waals surface area contributed by atoms with Gasteiger partial charge in [-0.3, -0.25) is 9.80 Å². The van der Waals surface area contributed by atoms with E-state index in [2.05, 4.69) is 54.2 Å². The second-order valence-electron chi connectivity index (χ2n) is 6.11. The third-order valence-corrected chi connectivity index (χ3v) is 4.44. The average molecular weight is 291 g/mol. The zero-order valence-corrected chi connectivity index (χ0v) is 13.8. The molecule has 0 aliphatic carbocycles. The number of nitrogens with one attached hydrogen (secondary N) is 1. The predicted octanol–water partition coefficient (Wildman–Crippen LogP) is 1.81. The maximum atomic E-state index is 5.99. The molecule has 0 bridgehead atoms.